The first kappa shape index (κ1) is 105. The van der Waals surface area contributed by atoms with Crippen molar-refractivity contribution in [2.24, 2.45) is 0 Å². The van der Waals surface area contributed by atoms with E-state index in [0.29, 0.717) is 42.6 Å². The van der Waals surface area contributed by atoms with E-state index in [2.05, 4.69) is 53.3 Å². The molecule has 0 aliphatic carbocycles. The van der Waals surface area contributed by atoms with Crippen LogP contribution >= 0.6 is 36.6 Å². The number of pyridine rings is 1. The Balaban J connectivity index is 0.000000275. The predicted molar refractivity (Wildman–Crippen MR) is 457 cm³/mol. The lowest BCUT2D eigenvalue weighted by Crippen LogP contribution is -2.50. The Kier molecular flexibility index (Phi) is 41.4. The summed E-state index contributed by atoms with van der Waals surface area (Å²) in [5.41, 5.74) is -2.50. The number of aromatic nitrogens is 2. The second-order valence-electron chi connectivity index (χ2n) is 34.7. The summed E-state index contributed by atoms with van der Waals surface area (Å²) in [6, 6.07) is 9.52. The molecule has 10 amide bonds. The first-order valence-electron chi connectivity index (χ1n) is 40.9. The summed E-state index contributed by atoms with van der Waals surface area (Å²) in [4.78, 5) is 143. The van der Waals surface area contributed by atoms with Crippen molar-refractivity contribution in [2.45, 2.75) is 248 Å². The van der Waals surface area contributed by atoms with Gasteiger partial charge in [-0.05, 0) is 95.1 Å². The lowest BCUT2D eigenvalue weighted by molar-refractivity contribution is -0.134. The second-order valence-corrected chi connectivity index (χ2v) is 37.0. The number of amides is 10. The summed E-state index contributed by atoms with van der Waals surface area (Å²) in [7, 11) is 1.50. The van der Waals surface area contributed by atoms with Crippen molar-refractivity contribution >= 4 is 106 Å². The molecule has 11 atom stereocenters. The van der Waals surface area contributed by atoms with Crippen LogP contribution in [0.1, 0.15) is 151 Å². The van der Waals surface area contributed by atoms with E-state index in [0.717, 1.165) is 36.0 Å². The van der Waals surface area contributed by atoms with Gasteiger partial charge in [0.25, 0.3) is 0 Å². The molecule has 684 valence electrons. The number of methoxy groups -OCH3 is 1. The number of carbonyl (C=O) groups is 10. The summed E-state index contributed by atoms with van der Waals surface area (Å²) in [6.07, 6.45) is 3.00. The molecular formula is C82H120F6N22O11S3. The van der Waals surface area contributed by atoms with Gasteiger partial charge in [-0.15, -0.1) is 23.1 Å². The van der Waals surface area contributed by atoms with Gasteiger partial charge in [-0.1, -0.05) is 12.2 Å². The molecule has 42 heteroatoms. The van der Waals surface area contributed by atoms with Crippen LogP contribution in [0.2, 0.25) is 0 Å². The average molecular weight is 1800 g/mol. The van der Waals surface area contributed by atoms with E-state index in [1.165, 1.54) is 54.0 Å². The molecule has 8 aliphatic rings. The summed E-state index contributed by atoms with van der Waals surface area (Å²) in [5.74, 6) is 0.00214. The second kappa shape index (κ2) is 48.9. The third kappa shape index (κ3) is 34.8. The smallest absolute Gasteiger partial charge is 0.237 e. The molecule has 7 saturated heterocycles. The number of nitrogens with one attached hydrogen (secondary N) is 7. The van der Waals surface area contributed by atoms with Gasteiger partial charge in [-0.2, -0.15) is 39.8 Å². The van der Waals surface area contributed by atoms with Crippen molar-refractivity contribution < 1.29 is 79.0 Å². The van der Waals surface area contributed by atoms with Crippen LogP contribution in [0.5, 0.6) is 5.88 Å². The fourth-order valence-electron chi connectivity index (χ4n) is 14.4. The molecule has 0 spiro atoms. The zero-order chi connectivity index (χ0) is 91.3. The number of nitrogens with zero attached hydrogens (tertiary/aromatic N) is 15. The lowest BCUT2D eigenvalue weighted by atomic mass is 9.99. The Morgan fingerprint density at radius 1 is 0.444 bits per heavy atom. The van der Waals surface area contributed by atoms with Gasteiger partial charge >= 0.3 is 0 Å². The largest absolute Gasteiger partial charge is 0.481 e. The van der Waals surface area contributed by atoms with E-state index >= 15 is 0 Å². The van der Waals surface area contributed by atoms with E-state index in [1.807, 2.05) is 75.9 Å². The van der Waals surface area contributed by atoms with E-state index in [9.17, 15) is 74.3 Å². The standard InChI is InChI=1S/C18H24FN5O3.C17H25FN4O2.C16H24F2N4O2.C16H22FN5O2S.C15H23FN4O2S.H2S/c1-18(2,7-15(25)23-13-4-5-16(27-3)21-9-13)22-10-17(26)24-11-12(19)6-14(24)8-20;1-17(2,9-15(23)21-6-4-3-5-7-21)20-11-16(24)22-12-13(18)8-14(22)10-19;1-16(2,6-14(23)21-4-3-11(17)9-21)20-8-15(24)22-10-12(18)5-13(22)7-19;1-10-7-19-15(25-10)21-13(23)5-16(2,3)20-8-14(24)22-9-11(17)4-12(22)6-18;1-15(2,6-13(21)19-3-4-23-10-19)18-8-14(22)20-9-11(16)5-12(20)7-17;/h4-5,9,12,14,22H,6-7,10-11H2,1-3H3,(H,23,25);3-4,13-14,20H,5-9,11-12H2,1-2H3;11-13,20H,3-6,8-10H2,1-2H3;7,11-12,20H,4-5,8-9H2,1-3H3,(H,19,21,23);11-12,18H,3-6,8-10H2,1-2H3;1H2/t12-,14-;13-,14-;11?,12-,13-;2*11-,12-;/m00000./s1. The van der Waals surface area contributed by atoms with Gasteiger partial charge in [0.2, 0.25) is 65.0 Å². The van der Waals surface area contributed by atoms with Crippen molar-refractivity contribution in [1.29, 1.82) is 26.3 Å². The molecule has 10 heterocycles. The van der Waals surface area contributed by atoms with Crippen LogP contribution in [-0.2, 0) is 47.9 Å². The van der Waals surface area contributed by atoms with Crippen LogP contribution in [-0.4, -0.2) is 320 Å². The van der Waals surface area contributed by atoms with Crippen molar-refractivity contribution in [3.63, 3.8) is 0 Å². The SMILES string of the molecule is CC(C)(CC(=O)N1CC=CCC1)NCC(=O)N1C[C@@H](F)C[C@H]1C#N.CC(C)(CC(=O)N1CCC(F)C1)NCC(=O)N1C[C@@H](F)C[C@H]1C#N.CC(C)(CC(=O)N1CCSC1)NCC(=O)N1C[C@@H](F)C[C@H]1C#N.COc1ccc(NC(=O)CC(C)(C)NCC(=O)N2C[C@@H](F)C[C@H]2C#N)cn1.Cc1cnc(NC(=O)CC(C)(C)NCC(=O)N2C[C@@H](F)C[C@H]2C#N)s1.S. The summed E-state index contributed by atoms with van der Waals surface area (Å²) in [5, 5.41) is 66.2. The normalized spacial score (nSPS) is 22.9. The molecule has 0 radical (unpaired) electrons. The summed E-state index contributed by atoms with van der Waals surface area (Å²) < 4.78 is 85.1. The predicted octanol–water partition coefficient (Wildman–Crippen LogP) is 5.49. The highest BCUT2D eigenvalue weighted by Crippen LogP contribution is 2.28. The van der Waals surface area contributed by atoms with Crippen molar-refractivity contribution in [3.05, 3.63) is 41.6 Å². The van der Waals surface area contributed by atoms with Gasteiger partial charge in [0.15, 0.2) is 5.13 Å². The van der Waals surface area contributed by atoms with Gasteiger partial charge in [0.05, 0.1) is 127 Å². The minimum absolute atomic E-state index is 0. The van der Waals surface area contributed by atoms with Gasteiger partial charge < -0.3 is 81.2 Å². The zero-order valence-corrected chi connectivity index (χ0v) is 75.2. The van der Waals surface area contributed by atoms with Crippen LogP contribution < -0.4 is 42.0 Å². The molecule has 124 heavy (non-hydrogen) atoms. The molecule has 0 aromatic carbocycles. The molecule has 0 saturated carbocycles. The van der Waals surface area contributed by atoms with Crippen molar-refractivity contribution in [3.8, 4) is 36.2 Å². The molecule has 7 fully saturated rings. The topological polar surface area (TPSA) is 435 Å². The molecular weight excluding hydrogens is 1680 g/mol. The van der Waals surface area contributed by atoms with E-state index in [-0.39, 0.29) is 202 Å². The van der Waals surface area contributed by atoms with Gasteiger partial charge in [-0.25, -0.2) is 36.3 Å². The van der Waals surface area contributed by atoms with Crippen molar-refractivity contribution in [2.75, 3.05) is 128 Å². The van der Waals surface area contributed by atoms with E-state index < -0.39 is 94.9 Å². The Morgan fingerprint density at radius 2 is 0.798 bits per heavy atom. The maximum Gasteiger partial charge on any atom is 0.237 e. The lowest BCUT2D eigenvalue weighted by Gasteiger charge is -2.31. The number of ether oxygens (including phenoxy) is 1. The Labute approximate surface area is 737 Å². The maximum absolute atomic E-state index is 13.4. The molecule has 10 rings (SSSR count). The molecule has 33 nitrogen and oxygen atoms in total. The van der Waals surface area contributed by atoms with Gasteiger partial charge in [0, 0.05) is 141 Å². The van der Waals surface area contributed by atoms with Crippen LogP contribution in [0.15, 0.2) is 36.7 Å². The molecule has 2 aromatic heterocycles. The fourth-order valence-corrected chi connectivity index (χ4v) is 16.0. The summed E-state index contributed by atoms with van der Waals surface area (Å²) >= 11 is 3.12. The number of likely N-dealkylation sites (tertiary alicyclic amines) is 6. The number of halogens is 6. The molecule has 1 unspecified atom stereocenters. The number of thioether (sulfide) groups is 1. The van der Waals surface area contributed by atoms with Gasteiger partial charge in [-0.3, -0.25) is 47.9 Å². The first-order chi connectivity index (χ1) is 57.8. The maximum atomic E-state index is 13.4. The highest BCUT2D eigenvalue weighted by atomic mass is 32.2. The highest BCUT2D eigenvalue weighted by Gasteiger charge is 2.42. The third-order valence-electron chi connectivity index (χ3n) is 21.3. The van der Waals surface area contributed by atoms with Crippen LogP contribution in [0.25, 0.3) is 0 Å². The number of nitriles is 5. The Morgan fingerprint density at radius 3 is 1.09 bits per heavy atom. The fraction of sp³-hybridized carbons (Fsp3) is 0.695. The minimum atomic E-state index is -1.17. The molecule has 8 aliphatic heterocycles. The first-order valence-corrected chi connectivity index (χ1v) is 42.9. The number of hydrogen-bond acceptors (Lipinski definition) is 25. The molecule has 0 bridgehead atoms. The van der Waals surface area contributed by atoms with Crippen molar-refractivity contribution in [1.82, 2.24) is 75.8 Å². The number of carbonyl (C=O) groups excluding carboxylic acids is 10. The quantitative estimate of drug-likeness (QED) is 0.0409. The van der Waals surface area contributed by atoms with Crippen LogP contribution in [0, 0.1) is 63.6 Å². The number of thiazole rings is 1. The van der Waals surface area contributed by atoms with Crippen LogP contribution in [0.4, 0.5) is 37.2 Å². The Bertz CT molecular complexity index is 4210. The minimum Gasteiger partial charge on any atom is -0.481 e. The highest BCUT2D eigenvalue weighted by molar-refractivity contribution is 7.99. The summed E-state index contributed by atoms with van der Waals surface area (Å²) in [6.45, 7) is 22.3. The van der Waals surface area contributed by atoms with E-state index in [1.54, 1.807) is 76.5 Å². The van der Waals surface area contributed by atoms with Crippen LogP contribution in [0.3, 0.4) is 0 Å². The number of rotatable bonds is 28. The average Bonchev–Trinajstić information content (AvgIpc) is 1.75. The molecule has 2 aromatic rings. The Hall–Kier alpha value is -9.45. The number of hydrogen-bond donors (Lipinski definition) is 7. The third-order valence-corrected chi connectivity index (χ3v) is 23.1. The molecule has 7 N–H and O–H groups in total. The number of anilines is 2. The number of alkyl halides is 6. The van der Waals surface area contributed by atoms with E-state index in [4.69, 9.17) is 31.0 Å². The monoisotopic (exact) mass is 1800 g/mol. The number of aryl methyl sites for hydroxylation is 1. The zero-order valence-electron chi connectivity index (χ0n) is 72.6. The van der Waals surface area contributed by atoms with Gasteiger partial charge in [0.1, 0.15) is 67.2 Å².